The van der Waals surface area contributed by atoms with E-state index >= 15 is 0 Å². The highest BCUT2D eigenvalue weighted by Gasteiger charge is 2.30. The quantitative estimate of drug-likeness (QED) is 0.655. The van der Waals surface area contributed by atoms with Gasteiger partial charge in [-0.25, -0.2) is 4.39 Å². The van der Waals surface area contributed by atoms with Crippen LogP contribution in [0.15, 0.2) is 42.5 Å². The molecule has 2 aromatic rings. The number of ether oxygens (including phenoxy) is 1. The van der Waals surface area contributed by atoms with Crippen molar-refractivity contribution in [3.05, 3.63) is 53.8 Å². The summed E-state index contributed by atoms with van der Waals surface area (Å²) in [4.78, 5) is 0. The predicted octanol–water partition coefficient (Wildman–Crippen LogP) is 4.22. The summed E-state index contributed by atoms with van der Waals surface area (Å²) in [6, 6.07) is 7.95. The normalized spacial score (nSPS) is 11.4. The number of halogens is 4. The molecule has 0 unspecified atom stereocenters. The molecule has 2 rings (SSSR count). The van der Waals surface area contributed by atoms with Crippen LogP contribution in [0.3, 0.4) is 0 Å². The smallest absolute Gasteiger partial charge is 0.416 e. The lowest BCUT2D eigenvalue weighted by atomic mass is 10.2. The number of anilines is 1. The molecule has 0 fully saturated rings. The molecule has 0 spiro atoms. The van der Waals surface area contributed by atoms with Crippen LogP contribution in [0.1, 0.15) is 5.56 Å². The summed E-state index contributed by atoms with van der Waals surface area (Å²) in [6.07, 6.45) is -4.47. The Labute approximate surface area is 106 Å². The Balaban J connectivity index is 2.27. The lowest BCUT2D eigenvalue weighted by Crippen LogP contribution is -2.05. The van der Waals surface area contributed by atoms with Crippen LogP contribution in [0.2, 0.25) is 0 Å². The zero-order valence-electron chi connectivity index (χ0n) is 9.54. The van der Waals surface area contributed by atoms with Crippen LogP contribution in [0.25, 0.3) is 0 Å². The topological polar surface area (TPSA) is 35.2 Å². The molecular weight excluding hydrogens is 262 g/mol. The monoisotopic (exact) mass is 271 g/mol. The third kappa shape index (κ3) is 3.15. The van der Waals surface area contributed by atoms with E-state index in [9.17, 15) is 17.6 Å². The van der Waals surface area contributed by atoms with Gasteiger partial charge in [0, 0.05) is 6.07 Å². The first-order chi connectivity index (χ1) is 8.86. The summed E-state index contributed by atoms with van der Waals surface area (Å²) in [7, 11) is 0. The van der Waals surface area contributed by atoms with Gasteiger partial charge in [0.2, 0.25) is 0 Å². The van der Waals surface area contributed by atoms with E-state index in [-0.39, 0.29) is 17.2 Å². The molecule has 0 aliphatic heterocycles. The molecule has 0 radical (unpaired) electrons. The first-order valence-corrected chi connectivity index (χ1v) is 5.26. The fourth-order valence-electron chi connectivity index (χ4n) is 1.48. The Morgan fingerprint density at radius 2 is 1.74 bits per heavy atom. The summed E-state index contributed by atoms with van der Waals surface area (Å²) in [5.74, 6) is -0.312. The van der Waals surface area contributed by atoms with Crippen molar-refractivity contribution in [2.75, 3.05) is 5.73 Å². The summed E-state index contributed by atoms with van der Waals surface area (Å²) in [6.45, 7) is 0. The molecule has 0 heterocycles. The number of nitrogen functional groups attached to an aromatic ring is 1. The maximum absolute atomic E-state index is 12.9. The molecular formula is C13H9F4NO. The highest BCUT2D eigenvalue weighted by atomic mass is 19.4. The molecule has 19 heavy (non-hydrogen) atoms. The standard InChI is InChI=1S/C13H9F4NO/c14-9-2-1-3-10(7-9)19-12-5-4-8(6-11(12)18)13(15,16)17/h1-7H,18H2. The molecule has 0 saturated carbocycles. The van der Waals surface area contributed by atoms with Gasteiger partial charge in [0.05, 0.1) is 11.3 Å². The Hall–Kier alpha value is -2.24. The third-order valence-corrected chi connectivity index (χ3v) is 2.36. The van der Waals surface area contributed by atoms with Crippen LogP contribution in [0.5, 0.6) is 11.5 Å². The lowest BCUT2D eigenvalue weighted by molar-refractivity contribution is -0.137. The zero-order valence-corrected chi connectivity index (χ0v) is 9.54. The summed E-state index contributed by atoms with van der Waals surface area (Å²) in [5.41, 5.74) is 4.45. The molecule has 0 bridgehead atoms. The molecule has 0 aromatic heterocycles. The van der Waals surface area contributed by atoms with Gasteiger partial charge in [-0.15, -0.1) is 0 Å². The minimum atomic E-state index is -4.47. The van der Waals surface area contributed by atoms with Crippen LogP contribution in [0, 0.1) is 5.82 Å². The van der Waals surface area contributed by atoms with Crippen LogP contribution >= 0.6 is 0 Å². The first-order valence-electron chi connectivity index (χ1n) is 5.26. The molecule has 0 aliphatic rings. The Morgan fingerprint density at radius 3 is 2.32 bits per heavy atom. The van der Waals surface area contributed by atoms with Gasteiger partial charge in [-0.05, 0) is 30.3 Å². The first kappa shape index (κ1) is 13.2. The molecule has 0 atom stereocenters. The predicted molar refractivity (Wildman–Crippen MR) is 62.3 cm³/mol. The van der Waals surface area contributed by atoms with Gasteiger partial charge in [0.15, 0.2) is 0 Å². The Kier molecular flexibility index (Phi) is 3.33. The second kappa shape index (κ2) is 4.79. The van der Waals surface area contributed by atoms with E-state index in [1.807, 2.05) is 0 Å². The average Bonchev–Trinajstić information content (AvgIpc) is 2.30. The minimum Gasteiger partial charge on any atom is -0.455 e. The number of benzene rings is 2. The van der Waals surface area contributed by atoms with E-state index in [2.05, 4.69) is 0 Å². The molecule has 0 aliphatic carbocycles. The highest BCUT2D eigenvalue weighted by molar-refractivity contribution is 5.56. The lowest BCUT2D eigenvalue weighted by Gasteiger charge is -2.11. The Bertz CT molecular complexity index is 595. The molecule has 0 amide bonds. The fraction of sp³-hybridized carbons (Fsp3) is 0.0769. The van der Waals surface area contributed by atoms with Gasteiger partial charge in [-0.1, -0.05) is 6.07 Å². The van der Waals surface area contributed by atoms with Crippen molar-refractivity contribution in [2.24, 2.45) is 0 Å². The maximum Gasteiger partial charge on any atom is 0.416 e. The van der Waals surface area contributed by atoms with Crippen LogP contribution in [0.4, 0.5) is 23.2 Å². The van der Waals surface area contributed by atoms with Crippen LogP contribution < -0.4 is 10.5 Å². The summed E-state index contributed by atoms with van der Waals surface area (Å²) >= 11 is 0. The van der Waals surface area contributed by atoms with E-state index in [0.29, 0.717) is 0 Å². The number of nitrogens with two attached hydrogens (primary N) is 1. The molecule has 2 N–H and O–H groups in total. The van der Waals surface area contributed by atoms with Crippen molar-refractivity contribution in [1.29, 1.82) is 0 Å². The molecule has 0 saturated heterocycles. The van der Waals surface area contributed by atoms with Crippen molar-refractivity contribution < 1.29 is 22.3 Å². The van der Waals surface area contributed by atoms with Crippen molar-refractivity contribution in [2.45, 2.75) is 6.18 Å². The second-order valence-corrected chi connectivity index (χ2v) is 3.81. The summed E-state index contributed by atoms with van der Waals surface area (Å²) in [5, 5.41) is 0. The van der Waals surface area contributed by atoms with E-state index in [0.717, 1.165) is 24.3 Å². The number of rotatable bonds is 2. The minimum absolute atomic E-state index is 0.0404. The van der Waals surface area contributed by atoms with Gasteiger partial charge in [-0.3, -0.25) is 0 Å². The molecule has 2 nitrogen and oxygen atoms in total. The van der Waals surface area contributed by atoms with E-state index < -0.39 is 17.6 Å². The van der Waals surface area contributed by atoms with Crippen molar-refractivity contribution in [1.82, 2.24) is 0 Å². The van der Waals surface area contributed by atoms with Crippen molar-refractivity contribution in [3.8, 4) is 11.5 Å². The SMILES string of the molecule is Nc1cc(C(F)(F)F)ccc1Oc1cccc(F)c1. The van der Waals surface area contributed by atoms with E-state index in [4.69, 9.17) is 10.5 Å². The fourth-order valence-corrected chi connectivity index (χ4v) is 1.48. The average molecular weight is 271 g/mol. The number of hydrogen-bond acceptors (Lipinski definition) is 2. The van der Waals surface area contributed by atoms with Gasteiger partial charge >= 0.3 is 6.18 Å². The number of alkyl halides is 3. The summed E-state index contributed by atoms with van der Waals surface area (Å²) < 4.78 is 55.5. The highest BCUT2D eigenvalue weighted by Crippen LogP contribution is 2.35. The third-order valence-electron chi connectivity index (χ3n) is 2.36. The van der Waals surface area contributed by atoms with Gasteiger partial charge in [0.1, 0.15) is 17.3 Å². The zero-order chi connectivity index (χ0) is 14.0. The van der Waals surface area contributed by atoms with Crippen molar-refractivity contribution >= 4 is 5.69 Å². The molecule has 6 heteroatoms. The van der Waals surface area contributed by atoms with Crippen molar-refractivity contribution in [3.63, 3.8) is 0 Å². The van der Waals surface area contributed by atoms with Crippen LogP contribution in [-0.2, 0) is 6.18 Å². The Morgan fingerprint density at radius 1 is 1.00 bits per heavy atom. The maximum atomic E-state index is 12.9. The second-order valence-electron chi connectivity index (χ2n) is 3.81. The van der Waals surface area contributed by atoms with Crippen LogP contribution in [-0.4, -0.2) is 0 Å². The molecule has 100 valence electrons. The largest absolute Gasteiger partial charge is 0.455 e. The van der Waals surface area contributed by atoms with Gasteiger partial charge < -0.3 is 10.5 Å². The molecule has 2 aromatic carbocycles. The van der Waals surface area contributed by atoms with Gasteiger partial charge in [0.25, 0.3) is 0 Å². The van der Waals surface area contributed by atoms with E-state index in [1.165, 1.54) is 18.2 Å². The van der Waals surface area contributed by atoms with Gasteiger partial charge in [-0.2, -0.15) is 13.2 Å². The number of hydrogen-bond donors (Lipinski definition) is 1. The van der Waals surface area contributed by atoms with E-state index in [1.54, 1.807) is 0 Å².